The Morgan fingerprint density at radius 3 is 2.55 bits per heavy atom. The molecule has 2 aromatic carbocycles. The van der Waals surface area contributed by atoms with Crippen molar-refractivity contribution < 1.29 is 14.7 Å². The lowest BCUT2D eigenvalue weighted by molar-refractivity contribution is 0.0696. The number of benzene rings is 2. The number of carboxylic acid groups (broad SMARTS) is 1. The van der Waals surface area contributed by atoms with Gasteiger partial charge in [-0.25, -0.2) is 9.78 Å². The number of nitrogens with zero attached hydrogens (tertiary/aromatic N) is 2. The Labute approximate surface area is 186 Å². The Morgan fingerprint density at radius 2 is 1.87 bits per heavy atom. The summed E-state index contributed by atoms with van der Waals surface area (Å²) in [5.41, 5.74) is 1.79. The van der Waals surface area contributed by atoms with Crippen molar-refractivity contribution in [2.24, 2.45) is 0 Å². The summed E-state index contributed by atoms with van der Waals surface area (Å²) in [7, 11) is 0. The van der Waals surface area contributed by atoms with Gasteiger partial charge in [0.25, 0.3) is 5.91 Å². The molecule has 0 saturated heterocycles. The zero-order valence-electron chi connectivity index (χ0n) is 17.2. The first-order valence-electron chi connectivity index (χ1n) is 10.1. The fourth-order valence-electron chi connectivity index (χ4n) is 3.18. The maximum atomic E-state index is 12.5. The van der Waals surface area contributed by atoms with Gasteiger partial charge >= 0.3 is 5.97 Å². The molecule has 3 aromatic rings. The van der Waals surface area contributed by atoms with Crippen LogP contribution in [0.5, 0.6) is 0 Å². The Bertz CT molecular complexity index is 1060. The van der Waals surface area contributed by atoms with Crippen molar-refractivity contribution in [2.45, 2.75) is 26.3 Å². The normalized spacial score (nSPS) is 10.5. The average molecular weight is 438 g/mol. The predicted molar refractivity (Wildman–Crippen MR) is 123 cm³/mol. The molecule has 0 aliphatic rings. The molecule has 2 N–H and O–H groups in total. The van der Waals surface area contributed by atoms with E-state index in [0.29, 0.717) is 35.2 Å². The van der Waals surface area contributed by atoms with E-state index in [2.05, 4.69) is 17.2 Å². The number of hydrogen-bond acceptors (Lipinski definition) is 4. The summed E-state index contributed by atoms with van der Waals surface area (Å²) in [6.07, 6.45) is 3.36. The quantitative estimate of drug-likeness (QED) is 0.462. The minimum absolute atomic E-state index is 0.0379. The van der Waals surface area contributed by atoms with E-state index in [1.54, 1.807) is 24.3 Å². The third kappa shape index (κ3) is 6.06. The van der Waals surface area contributed by atoms with Crippen molar-refractivity contribution in [1.29, 1.82) is 0 Å². The van der Waals surface area contributed by atoms with E-state index in [9.17, 15) is 14.7 Å². The molecule has 0 bridgehead atoms. The second kappa shape index (κ2) is 10.6. The van der Waals surface area contributed by atoms with Crippen molar-refractivity contribution in [3.8, 4) is 0 Å². The first-order chi connectivity index (χ1) is 15.0. The molecule has 1 aromatic heterocycles. The van der Waals surface area contributed by atoms with Crippen LogP contribution in [0.25, 0.3) is 0 Å². The minimum Gasteiger partial charge on any atom is -0.478 e. The van der Waals surface area contributed by atoms with E-state index in [1.165, 1.54) is 12.3 Å². The molecule has 0 aliphatic heterocycles. The van der Waals surface area contributed by atoms with Crippen molar-refractivity contribution >= 4 is 35.0 Å². The number of hydrogen-bond donors (Lipinski definition) is 2. The Hall–Kier alpha value is -3.38. The molecule has 0 unspecified atom stereocenters. The number of amides is 1. The standard InChI is InChI=1S/C24H24ClN3O3/c1-2-3-12-28(16-17-8-5-4-6-9-17)22-21(24(30)31)14-20(15-26-22)27-23(29)18-10-7-11-19(25)13-18/h4-11,13-15H,2-3,12,16H2,1H3,(H,27,29)(H,30,31). The van der Waals surface area contributed by atoms with Crippen LogP contribution in [-0.2, 0) is 6.54 Å². The molecule has 1 amide bonds. The molecular formula is C24H24ClN3O3. The summed E-state index contributed by atoms with van der Waals surface area (Å²) in [6, 6.07) is 17.8. The van der Waals surface area contributed by atoms with Gasteiger partial charge in [0.15, 0.2) is 0 Å². The van der Waals surface area contributed by atoms with Crippen molar-refractivity contribution in [3.63, 3.8) is 0 Å². The minimum atomic E-state index is -1.10. The summed E-state index contributed by atoms with van der Waals surface area (Å²) in [4.78, 5) is 30.9. The molecule has 0 saturated carbocycles. The maximum Gasteiger partial charge on any atom is 0.339 e. The zero-order valence-corrected chi connectivity index (χ0v) is 18.0. The lowest BCUT2D eigenvalue weighted by Gasteiger charge is -2.25. The monoisotopic (exact) mass is 437 g/mol. The van der Waals surface area contributed by atoms with Crippen LogP contribution >= 0.6 is 11.6 Å². The Balaban J connectivity index is 1.88. The molecular weight excluding hydrogens is 414 g/mol. The van der Waals surface area contributed by atoms with Gasteiger partial charge in [0.1, 0.15) is 11.4 Å². The highest BCUT2D eigenvalue weighted by Gasteiger charge is 2.20. The summed E-state index contributed by atoms with van der Waals surface area (Å²) < 4.78 is 0. The molecule has 0 fully saturated rings. The lowest BCUT2D eigenvalue weighted by atomic mass is 10.1. The fraction of sp³-hybridized carbons (Fsp3) is 0.208. The van der Waals surface area contributed by atoms with Crippen LogP contribution in [0.3, 0.4) is 0 Å². The van der Waals surface area contributed by atoms with Gasteiger partial charge < -0.3 is 15.3 Å². The first kappa shape index (κ1) is 22.3. The number of pyridine rings is 1. The zero-order chi connectivity index (χ0) is 22.2. The molecule has 3 rings (SSSR count). The van der Waals surface area contributed by atoms with Gasteiger partial charge in [-0.2, -0.15) is 0 Å². The Kier molecular flexibility index (Phi) is 7.62. The number of aromatic carboxylic acids is 1. The summed E-state index contributed by atoms with van der Waals surface area (Å²) >= 11 is 5.95. The summed E-state index contributed by atoms with van der Waals surface area (Å²) in [6.45, 7) is 3.30. The number of carbonyl (C=O) groups is 2. The van der Waals surface area contributed by atoms with Crippen molar-refractivity contribution in [1.82, 2.24) is 4.98 Å². The van der Waals surface area contributed by atoms with Gasteiger partial charge in [0.2, 0.25) is 0 Å². The number of nitrogens with one attached hydrogen (secondary N) is 1. The average Bonchev–Trinajstić information content (AvgIpc) is 2.77. The van der Waals surface area contributed by atoms with E-state index < -0.39 is 5.97 Å². The van der Waals surface area contributed by atoms with Gasteiger partial charge in [0.05, 0.1) is 11.9 Å². The number of unbranched alkanes of at least 4 members (excludes halogenated alkanes) is 1. The third-order valence-corrected chi connectivity index (χ3v) is 4.97. The van der Waals surface area contributed by atoms with Crippen LogP contribution in [0.15, 0.2) is 66.9 Å². The van der Waals surface area contributed by atoms with Crippen molar-refractivity contribution in [3.05, 3.63) is 88.6 Å². The molecule has 7 heteroatoms. The van der Waals surface area contributed by atoms with Gasteiger partial charge in [-0.3, -0.25) is 4.79 Å². The van der Waals surface area contributed by atoms with E-state index in [-0.39, 0.29) is 11.5 Å². The summed E-state index contributed by atoms with van der Waals surface area (Å²) in [5.74, 6) is -1.11. The van der Waals surface area contributed by atoms with Gasteiger partial charge in [-0.05, 0) is 36.2 Å². The number of carboxylic acids is 1. The van der Waals surface area contributed by atoms with Gasteiger partial charge in [0, 0.05) is 23.7 Å². The topological polar surface area (TPSA) is 82.5 Å². The molecule has 6 nitrogen and oxygen atoms in total. The molecule has 160 valence electrons. The second-order valence-corrected chi connectivity index (χ2v) is 7.56. The van der Waals surface area contributed by atoms with Gasteiger partial charge in [-0.1, -0.05) is 61.3 Å². The smallest absolute Gasteiger partial charge is 0.339 e. The maximum absolute atomic E-state index is 12.5. The van der Waals surface area contributed by atoms with E-state index in [4.69, 9.17) is 11.6 Å². The largest absolute Gasteiger partial charge is 0.478 e. The van der Waals surface area contributed by atoms with Crippen LogP contribution < -0.4 is 10.2 Å². The van der Waals surface area contributed by atoms with E-state index >= 15 is 0 Å². The second-order valence-electron chi connectivity index (χ2n) is 7.13. The third-order valence-electron chi connectivity index (χ3n) is 4.74. The number of anilines is 2. The molecule has 1 heterocycles. The van der Waals surface area contributed by atoms with E-state index in [0.717, 1.165) is 18.4 Å². The van der Waals surface area contributed by atoms with Crippen LogP contribution in [0.4, 0.5) is 11.5 Å². The molecule has 0 atom stereocenters. The number of aromatic nitrogens is 1. The molecule has 0 spiro atoms. The highest BCUT2D eigenvalue weighted by atomic mass is 35.5. The SMILES string of the molecule is CCCCN(Cc1ccccc1)c1ncc(NC(=O)c2cccc(Cl)c2)cc1C(=O)O. The number of rotatable bonds is 9. The molecule has 0 radical (unpaired) electrons. The lowest BCUT2D eigenvalue weighted by Crippen LogP contribution is -2.27. The Morgan fingerprint density at radius 1 is 1.10 bits per heavy atom. The highest BCUT2D eigenvalue weighted by Crippen LogP contribution is 2.24. The van der Waals surface area contributed by atoms with Crippen LogP contribution in [0.2, 0.25) is 5.02 Å². The molecule has 31 heavy (non-hydrogen) atoms. The highest BCUT2D eigenvalue weighted by molar-refractivity contribution is 6.31. The van der Waals surface area contributed by atoms with Crippen LogP contribution in [0.1, 0.15) is 46.0 Å². The van der Waals surface area contributed by atoms with Crippen molar-refractivity contribution in [2.75, 3.05) is 16.8 Å². The van der Waals surface area contributed by atoms with E-state index in [1.807, 2.05) is 35.2 Å². The van der Waals surface area contributed by atoms with Gasteiger partial charge in [-0.15, -0.1) is 0 Å². The molecule has 0 aliphatic carbocycles. The van der Waals surface area contributed by atoms with Crippen LogP contribution in [-0.4, -0.2) is 28.5 Å². The first-order valence-corrected chi connectivity index (χ1v) is 10.4. The number of carbonyl (C=O) groups excluding carboxylic acids is 1. The predicted octanol–water partition coefficient (Wildman–Crippen LogP) is 5.49. The fourth-order valence-corrected chi connectivity index (χ4v) is 3.37. The number of halogens is 1. The van der Waals surface area contributed by atoms with Crippen LogP contribution in [0, 0.1) is 0 Å². The summed E-state index contributed by atoms with van der Waals surface area (Å²) in [5, 5.41) is 13.0.